The van der Waals surface area contributed by atoms with Crippen molar-refractivity contribution in [1.29, 1.82) is 5.26 Å². The first-order valence-electron chi connectivity index (χ1n) is 10.5. The molecule has 1 aromatic heterocycles. The molecule has 1 atom stereocenters. The first-order chi connectivity index (χ1) is 15.0. The zero-order chi connectivity index (χ0) is 22.2. The molecule has 1 aromatic carbocycles. The number of methoxy groups -OCH3 is 1. The van der Waals surface area contributed by atoms with Gasteiger partial charge in [-0.2, -0.15) is 15.2 Å². The third kappa shape index (κ3) is 6.06. The van der Waals surface area contributed by atoms with Crippen LogP contribution < -0.4 is 20.3 Å². The van der Waals surface area contributed by atoms with E-state index in [1.807, 2.05) is 50.5 Å². The third-order valence-corrected chi connectivity index (χ3v) is 5.30. The van der Waals surface area contributed by atoms with Crippen LogP contribution >= 0.6 is 0 Å². The Labute approximate surface area is 183 Å². The molecule has 0 spiro atoms. The molecule has 164 valence electrons. The van der Waals surface area contributed by atoms with Gasteiger partial charge in [-0.15, -0.1) is 0 Å². The molecule has 1 unspecified atom stereocenters. The minimum atomic E-state index is 0.295. The van der Waals surface area contributed by atoms with E-state index in [0.717, 1.165) is 49.0 Å². The monoisotopic (exact) mass is 422 g/mol. The summed E-state index contributed by atoms with van der Waals surface area (Å²) in [6.07, 6.45) is 4.22. The number of benzene rings is 1. The van der Waals surface area contributed by atoms with Crippen molar-refractivity contribution in [3.8, 4) is 11.9 Å². The number of likely N-dealkylation sites (tertiary alicyclic amines) is 1. The largest absolute Gasteiger partial charge is 0.497 e. The molecule has 3 rings (SSSR count). The molecule has 2 N–H and O–H groups in total. The summed E-state index contributed by atoms with van der Waals surface area (Å²) >= 11 is 0. The van der Waals surface area contributed by atoms with Crippen molar-refractivity contribution in [2.75, 3.05) is 44.0 Å². The molecule has 1 saturated heterocycles. The van der Waals surface area contributed by atoms with Gasteiger partial charge < -0.3 is 19.9 Å². The van der Waals surface area contributed by atoms with Gasteiger partial charge in [0.15, 0.2) is 6.19 Å². The van der Waals surface area contributed by atoms with E-state index in [-0.39, 0.29) is 0 Å². The fourth-order valence-corrected chi connectivity index (χ4v) is 3.61. The minimum absolute atomic E-state index is 0.295. The lowest BCUT2D eigenvalue weighted by Crippen LogP contribution is -2.42. The highest BCUT2D eigenvalue weighted by Crippen LogP contribution is 2.20. The predicted octanol–water partition coefficient (Wildman–Crippen LogP) is 2.88. The smallest absolute Gasteiger partial charge is 0.254 e. The second-order valence-corrected chi connectivity index (χ2v) is 7.50. The van der Waals surface area contributed by atoms with Crippen LogP contribution in [0.3, 0.4) is 0 Å². The van der Waals surface area contributed by atoms with E-state index in [1.165, 1.54) is 6.42 Å². The lowest BCUT2D eigenvalue weighted by atomic mass is 10.1. The van der Waals surface area contributed by atoms with E-state index in [0.29, 0.717) is 17.9 Å². The first-order valence-corrected chi connectivity index (χ1v) is 10.5. The normalized spacial score (nSPS) is 17.0. The minimum Gasteiger partial charge on any atom is -0.497 e. The van der Waals surface area contributed by atoms with E-state index >= 15 is 0 Å². The van der Waals surface area contributed by atoms with Gasteiger partial charge in [0.05, 0.1) is 7.11 Å². The summed E-state index contributed by atoms with van der Waals surface area (Å²) in [5.74, 6) is 2.13. The highest BCUT2D eigenvalue weighted by molar-refractivity contribution is 5.97. The Hall–Kier alpha value is -3.38. The van der Waals surface area contributed by atoms with E-state index in [9.17, 15) is 5.26 Å². The number of piperidine rings is 1. The zero-order valence-electron chi connectivity index (χ0n) is 18.6. The second kappa shape index (κ2) is 10.6. The Kier molecular flexibility index (Phi) is 7.62. The highest BCUT2D eigenvalue weighted by Gasteiger charge is 2.19. The predicted molar refractivity (Wildman–Crippen MR) is 123 cm³/mol. The van der Waals surface area contributed by atoms with Gasteiger partial charge in [-0.1, -0.05) is 6.92 Å². The number of rotatable bonds is 6. The topological polar surface area (TPSA) is 102 Å². The van der Waals surface area contributed by atoms with Gasteiger partial charge >= 0.3 is 0 Å². The Balaban J connectivity index is 1.82. The number of hydrogen-bond acceptors (Lipinski definition) is 7. The van der Waals surface area contributed by atoms with Crippen molar-refractivity contribution in [2.45, 2.75) is 32.7 Å². The maximum atomic E-state index is 9.22. The molecule has 9 nitrogen and oxygen atoms in total. The van der Waals surface area contributed by atoms with Crippen LogP contribution in [-0.4, -0.2) is 60.7 Å². The molecule has 0 radical (unpaired) electrons. The molecule has 31 heavy (non-hydrogen) atoms. The Bertz CT molecular complexity index is 938. The van der Waals surface area contributed by atoms with Crippen molar-refractivity contribution in [3.05, 3.63) is 36.0 Å². The lowest BCUT2D eigenvalue weighted by molar-refractivity contribution is 0.226. The van der Waals surface area contributed by atoms with Crippen molar-refractivity contribution >= 4 is 23.4 Å². The molecule has 1 aliphatic heterocycles. The molecular formula is C22H30N8O. The number of nitrogens with one attached hydrogen (secondary N) is 2. The fourth-order valence-electron chi connectivity index (χ4n) is 3.61. The molecule has 0 amide bonds. The van der Waals surface area contributed by atoms with Crippen LogP contribution in [0.5, 0.6) is 5.75 Å². The summed E-state index contributed by atoms with van der Waals surface area (Å²) in [4.78, 5) is 17.7. The zero-order valence-corrected chi connectivity index (χ0v) is 18.6. The number of hydrogen-bond donors (Lipinski definition) is 2. The molecular weight excluding hydrogens is 392 g/mol. The lowest BCUT2D eigenvalue weighted by Gasteiger charge is -2.32. The standard InChI is InChI=1S/C22H30N8O/c1-5-30-12-6-7-17(14-30)26-20-13-16(2)25-21(27-20)28-22(24-15-23)29(3)18-8-10-19(31-4)11-9-18/h8-11,13,17H,5-7,12,14H2,1-4H3,(H2,24,25,26,27,28). The quantitative estimate of drug-likeness (QED) is 0.317. The van der Waals surface area contributed by atoms with E-state index < -0.39 is 0 Å². The summed E-state index contributed by atoms with van der Waals surface area (Å²) in [7, 11) is 3.44. The molecule has 2 aromatic rings. The van der Waals surface area contributed by atoms with Crippen molar-refractivity contribution in [3.63, 3.8) is 0 Å². The highest BCUT2D eigenvalue weighted by atomic mass is 16.5. The van der Waals surface area contributed by atoms with E-state index in [1.54, 1.807) is 12.0 Å². The molecule has 1 fully saturated rings. The molecule has 0 saturated carbocycles. The van der Waals surface area contributed by atoms with Gasteiger partial charge in [0, 0.05) is 37.1 Å². The van der Waals surface area contributed by atoms with Crippen molar-refractivity contribution in [1.82, 2.24) is 20.2 Å². The van der Waals surface area contributed by atoms with Crippen LogP contribution in [-0.2, 0) is 0 Å². The average Bonchev–Trinajstić information content (AvgIpc) is 2.78. The molecule has 1 aliphatic rings. The van der Waals surface area contributed by atoms with Gasteiger partial charge in [0.25, 0.3) is 5.95 Å². The van der Waals surface area contributed by atoms with Crippen molar-refractivity contribution < 1.29 is 4.74 Å². The maximum absolute atomic E-state index is 9.22. The van der Waals surface area contributed by atoms with Crippen LogP contribution in [0.4, 0.5) is 17.5 Å². The number of guanidine groups is 1. The van der Waals surface area contributed by atoms with Crippen LogP contribution in [0.25, 0.3) is 0 Å². The Morgan fingerprint density at radius 1 is 1.35 bits per heavy atom. The van der Waals surface area contributed by atoms with Crippen LogP contribution in [0.15, 0.2) is 35.3 Å². The van der Waals surface area contributed by atoms with E-state index in [2.05, 4.69) is 37.4 Å². The van der Waals surface area contributed by atoms with Gasteiger partial charge in [-0.3, -0.25) is 5.32 Å². The van der Waals surface area contributed by atoms with Crippen LogP contribution in [0.1, 0.15) is 25.5 Å². The molecule has 2 heterocycles. The number of aliphatic imine (C=N–C) groups is 1. The number of anilines is 2. The third-order valence-electron chi connectivity index (χ3n) is 5.30. The maximum Gasteiger partial charge on any atom is 0.254 e. The number of aryl methyl sites for hydroxylation is 1. The van der Waals surface area contributed by atoms with Crippen LogP contribution in [0, 0.1) is 18.4 Å². The van der Waals surface area contributed by atoms with Gasteiger partial charge in [0.2, 0.25) is 5.96 Å². The number of nitrogens with zero attached hydrogens (tertiary/aromatic N) is 6. The number of ether oxygens (including phenoxy) is 1. The summed E-state index contributed by atoms with van der Waals surface area (Å²) in [6, 6.07) is 9.75. The summed E-state index contributed by atoms with van der Waals surface area (Å²) in [5, 5.41) is 15.4. The SMILES string of the molecule is CCN1CCCC(Nc2cc(C)nc(N=C(NC#N)N(C)c3ccc(OC)cc3)n2)C1. The summed E-state index contributed by atoms with van der Waals surface area (Å²) in [6.45, 7) is 7.30. The molecule has 0 bridgehead atoms. The molecule has 9 heteroatoms. The molecule has 0 aliphatic carbocycles. The van der Waals surface area contributed by atoms with E-state index in [4.69, 9.17) is 4.74 Å². The fraction of sp³-hybridized carbons (Fsp3) is 0.455. The van der Waals surface area contributed by atoms with Crippen LogP contribution in [0.2, 0.25) is 0 Å². The average molecular weight is 423 g/mol. The number of likely N-dealkylation sites (N-methyl/N-ethyl adjacent to an activating group) is 1. The van der Waals surface area contributed by atoms with Gasteiger partial charge in [-0.05, 0) is 57.1 Å². The van der Waals surface area contributed by atoms with Gasteiger partial charge in [0.1, 0.15) is 11.6 Å². The Morgan fingerprint density at radius 3 is 2.81 bits per heavy atom. The second-order valence-electron chi connectivity index (χ2n) is 7.50. The number of aromatic nitrogens is 2. The number of nitriles is 1. The first kappa shape index (κ1) is 22.3. The summed E-state index contributed by atoms with van der Waals surface area (Å²) < 4.78 is 5.21. The van der Waals surface area contributed by atoms with Crippen molar-refractivity contribution in [2.24, 2.45) is 4.99 Å². The summed E-state index contributed by atoms with van der Waals surface area (Å²) in [5.41, 5.74) is 1.65. The van der Waals surface area contributed by atoms with Gasteiger partial charge in [-0.25, -0.2) is 4.98 Å². The Morgan fingerprint density at radius 2 is 2.13 bits per heavy atom.